The molecule has 8 nitrogen and oxygen atoms in total. The lowest BCUT2D eigenvalue weighted by atomic mass is 9.66. The van der Waals surface area contributed by atoms with Crippen molar-refractivity contribution in [2.45, 2.75) is 61.7 Å². The van der Waals surface area contributed by atoms with Crippen LogP contribution in [0.2, 0.25) is 0 Å². The molecule has 3 aliphatic heterocycles. The fourth-order valence-electron chi connectivity index (χ4n) is 7.75. The lowest BCUT2D eigenvalue weighted by molar-refractivity contribution is -0.147. The van der Waals surface area contributed by atoms with Crippen molar-refractivity contribution in [3.8, 4) is 5.75 Å². The van der Waals surface area contributed by atoms with Gasteiger partial charge < -0.3 is 24.5 Å². The van der Waals surface area contributed by atoms with Gasteiger partial charge in [-0.2, -0.15) is 0 Å². The topological polar surface area (TPSA) is 90.4 Å². The number of aliphatic hydroxyl groups is 1. The molecule has 1 spiro atoms. The number of anilines is 1. The molecule has 45 heavy (non-hydrogen) atoms. The second-order valence-electron chi connectivity index (χ2n) is 12.9. The molecule has 0 aromatic heterocycles. The number of carbonyl (C=O) groups is 3. The van der Waals surface area contributed by atoms with E-state index in [1.807, 2.05) is 56.3 Å². The highest BCUT2D eigenvalue weighted by Gasteiger charge is 2.78. The molecule has 6 atom stereocenters. The molecule has 2 aromatic carbocycles. The fraction of sp³-hybridized carbons (Fsp3) is 0.472. The van der Waals surface area contributed by atoms with Crippen LogP contribution in [0.4, 0.5) is 5.69 Å². The first kappa shape index (κ1) is 32.8. The summed E-state index contributed by atoms with van der Waals surface area (Å²) in [6.07, 6.45) is 4.73. The van der Waals surface area contributed by atoms with Crippen LogP contribution in [0.3, 0.4) is 0 Å². The lowest BCUT2D eigenvalue weighted by Crippen LogP contribution is -2.58. The van der Waals surface area contributed by atoms with Gasteiger partial charge in [0.05, 0.1) is 36.3 Å². The zero-order valence-electron chi connectivity index (χ0n) is 26.7. The first-order chi connectivity index (χ1) is 21.6. The average Bonchev–Trinajstić information content (AvgIpc) is 3.60. The monoisotopic (exact) mass is 631 g/mol. The fourth-order valence-corrected chi connectivity index (χ4v) is 10.1. The summed E-state index contributed by atoms with van der Waals surface area (Å²) in [7, 11) is 1.59. The van der Waals surface area contributed by atoms with Crippen LogP contribution in [0.1, 0.15) is 39.2 Å². The van der Waals surface area contributed by atoms with Crippen molar-refractivity contribution in [3.63, 3.8) is 0 Å². The number of hydrogen-bond acceptors (Lipinski definition) is 6. The van der Waals surface area contributed by atoms with Crippen LogP contribution in [-0.4, -0.2) is 81.0 Å². The number of amides is 3. The maximum absolute atomic E-state index is 14.9. The Balaban J connectivity index is 1.60. The normalized spacial score (nSPS) is 27.3. The Hall–Kier alpha value is -3.56. The van der Waals surface area contributed by atoms with Crippen molar-refractivity contribution in [2.75, 3.05) is 31.7 Å². The summed E-state index contributed by atoms with van der Waals surface area (Å²) < 4.78 is 4.00. The molecule has 3 saturated heterocycles. The number of fused-ring (bicyclic) bond motifs is 1. The molecule has 5 rings (SSSR count). The Kier molecular flexibility index (Phi) is 9.52. The molecular formula is C36H45N3O5S. The molecule has 3 heterocycles. The maximum atomic E-state index is 14.9. The van der Waals surface area contributed by atoms with Gasteiger partial charge in [-0.3, -0.25) is 14.4 Å². The van der Waals surface area contributed by atoms with Crippen LogP contribution in [0.15, 0.2) is 79.9 Å². The van der Waals surface area contributed by atoms with E-state index in [9.17, 15) is 19.5 Å². The van der Waals surface area contributed by atoms with Crippen LogP contribution in [0.5, 0.6) is 5.75 Å². The van der Waals surface area contributed by atoms with Gasteiger partial charge >= 0.3 is 0 Å². The van der Waals surface area contributed by atoms with Gasteiger partial charge in [0.25, 0.3) is 5.91 Å². The van der Waals surface area contributed by atoms with Gasteiger partial charge in [0.1, 0.15) is 11.8 Å². The molecule has 3 fully saturated rings. The van der Waals surface area contributed by atoms with Crippen LogP contribution in [-0.2, 0) is 20.9 Å². The first-order valence-corrected chi connectivity index (χ1v) is 16.5. The number of likely N-dealkylation sites (tertiary alicyclic amines) is 1. The average molecular weight is 632 g/mol. The first-order valence-electron chi connectivity index (χ1n) is 15.7. The number of benzene rings is 2. The highest BCUT2D eigenvalue weighted by molar-refractivity contribution is 8.02. The van der Waals surface area contributed by atoms with E-state index in [4.69, 9.17) is 4.74 Å². The van der Waals surface area contributed by atoms with Gasteiger partial charge in [0.2, 0.25) is 11.8 Å². The SMILES string of the molecule is C=CCN(Cc1ccccc1)C(=O)[C@H]1[C@H]2C(=O)N([C@@H](CO)C(C)C)C(C(=O)N(CC=C)c3ccc(OC)cc3)C23CC[C@]1(C)S3. The van der Waals surface area contributed by atoms with Gasteiger partial charge in [-0.25, -0.2) is 0 Å². The van der Waals surface area contributed by atoms with E-state index in [2.05, 4.69) is 20.1 Å². The molecule has 3 aliphatic rings. The van der Waals surface area contributed by atoms with Crippen molar-refractivity contribution >= 4 is 35.2 Å². The highest BCUT2D eigenvalue weighted by atomic mass is 32.2. The van der Waals surface area contributed by atoms with Crippen LogP contribution < -0.4 is 9.64 Å². The number of rotatable bonds is 13. The largest absolute Gasteiger partial charge is 0.497 e. The van der Waals surface area contributed by atoms with Crippen LogP contribution in [0.25, 0.3) is 0 Å². The molecule has 0 aliphatic carbocycles. The van der Waals surface area contributed by atoms with Crippen molar-refractivity contribution in [1.82, 2.24) is 9.80 Å². The predicted molar refractivity (Wildman–Crippen MR) is 179 cm³/mol. The second-order valence-corrected chi connectivity index (χ2v) is 14.8. The molecule has 9 heteroatoms. The number of ether oxygens (including phenoxy) is 1. The minimum absolute atomic E-state index is 0.0927. The van der Waals surface area contributed by atoms with E-state index in [0.717, 1.165) is 5.56 Å². The summed E-state index contributed by atoms with van der Waals surface area (Å²) in [5.41, 5.74) is 1.66. The molecule has 240 valence electrons. The van der Waals surface area contributed by atoms with Crippen LogP contribution >= 0.6 is 11.8 Å². The summed E-state index contributed by atoms with van der Waals surface area (Å²) in [6.45, 7) is 14.5. The molecule has 2 unspecified atom stereocenters. The minimum atomic E-state index is -0.858. The van der Waals surface area contributed by atoms with Crippen LogP contribution in [0, 0.1) is 17.8 Å². The van der Waals surface area contributed by atoms with E-state index in [-0.39, 0.29) is 36.8 Å². The number of carbonyl (C=O) groups excluding carboxylic acids is 3. The van der Waals surface area contributed by atoms with Crippen molar-refractivity contribution in [1.29, 1.82) is 0 Å². The number of methoxy groups -OCH3 is 1. The third-order valence-corrected chi connectivity index (χ3v) is 11.9. The quantitative estimate of drug-likeness (QED) is 0.316. The Morgan fingerprint density at radius 2 is 1.73 bits per heavy atom. The third kappa shape index (κ3) is 5.58. The van der Waals surface area contributed by atoms with Crippen molar-refractivity contribution < 1.29 is 24.2 Å². The number of nitrogens with zero attached hydrogens (tertiary/aromatic N) is 3. The summed E-state index contributed by atoms with van der Waals surface area (Å²) in [5, 5.41) is 10.6. The summed E-state index contributed by atoms with van der Waals surface area (Å²) in [5.74, 6) is -1.30. The molecule has 0 radical (unpaired) electrons. The summed E-state index contributed by atoms with van der Waals surface area (Å²) in [4.78, 5) is 49.4. The molecule has 1 N–H and O–H groups in total. The molecular weight excluding hydrogens is 586 g/mol. The third-order valence-electron chi connectivity index (χ3n) is 9.87. The van der Waals surface area contributed by atoms with Crippen molar-refractivity contribution in [2.24, 2.45) is 17.8 Å². The molecule has 3 amide bonds. The smallest absolute Gasteiger partial charge is 0.251 e. The van der Waals surface area contributed by atoms with Gasteiger partial charge in [-0.05, 0) is 55.5 Å². The van der Waals surface area contributed by atoms with Gasteiger partial charge in [0, 0.05) is 30.1 Å². The number of thioether (sulfide) groups is 1. The standard InChI is InChI=1S/C36H45N3O5S/c1-7-20-37(22-25-12-10-9-11-13-25)32(41)29-30-33(42)39(28(23-40)24(3)4)31(36(30)19-18-35(29,5)45-36)34(43)38(21-8-2)26-14-16-27(44-6)17-15-26/h7-17,24,28-31,40H,1-2,18-23H2,3-6H3/t28-,29+,30-,31?,35-,36?/m0/s1. The minimum Gasteiger partial charge on any atom is -0.497 e. The van der Waals surface area contributed by atoms with Gasteiger partial charge in [-0.15, -0.1) is 24.9 Å². The Bertz CT molecular complexity index is 1430. The maximum Gasteiger partial charge on any atom is 0.251 e. The van der Waals surface area contributed by atoms with Gasteiger partial charge in [0.15, 0.2) is 0 Å². The van der Waals surface area contributed by atoms with Gasteiger partial charge in [-0.1, -0.05) is 56.3 Å². The molecule has 2 aromatic rings. The Morgan fingerprint density at radius 1 is 1.07 bits per heavy atom. The molecule has 2 bridgehead atoms. The summed E-state index contributed by atoms with van der Waals surface area (Å²) in [6, 6.07) is 15.6. The predicted octanol–water partition coefficient (Wildman–Crippen LogP) is 4.93. The van der Waals surface area contributed by atoms with E-state index in [1.54, 1.807) is 57.9 Å². The highest BCUT2D eigenvalue weighted by Crippen LogP contribution is 2.72. The number of aliphatic hydroxyl groups excluding tert-OH is 1. The number of hydrogen-bond donors (Lipinski definition) is 1. The van der Waals surface area contributed by atoms with Crippen molar-refractivity contribution in [3.05, 3.63) is 85.5 Å². The van der Waals surface area contributed by atoms with E-state index < -0.39 is 33.4 Å². The zero-order valence-corrected chi connectivity index (χ0v) is 27.5. The summed E-state index contributed by atoms with van der Waals surface area (Å²) >= 11 is 1.64. The Labute approximate surface area is 271 Å². The Morgan fingerprint density at radius 3 is 2.31 bits per heavy atom. The van der Waals surface area contributed by atoms with E-state index in [0.29, 0.717) is 37.4 Å². The second kappa shape index (κ2) is 13.0. The van der Waals surface area contributed by atoms with E-state index in [1.165, 1.54) is 0 Å². The lowest BCUT2D eigenvalue weighted by Gasteiger charge is -2.40. The zero-order chi connectivity index (χ0) is 32.5. The van der Waals surface area contributed by atoms with E-state index >= 15 is 0 Å². The molecule has 0 saturated carbocycles.